The highest BCUT2D eigenvalue weighted by Crippen LogP contribution is 2.29. The Labute approximate surface area is 156 Å². The maximum atomic E-state index is 10.7. The molecule has 1 aliphatic rings. The summed E-state index contributed by atoms with van der Waals surface area (Å²) in [7, 11) is 0. The minimum Gasteiger partial charge on any atom is -0.307 e. The summed E-state index contributed by atoms with van der Waals surface area (Å²) in [4.78, 5) is 10.4. The first kappa shape index (κ1) is 18.9. The van der Waals surface area contributed by atoms with Crippen LogP contribution in [0.25, 0.3) is 0 Å². The van der Waals surface area contributed by atoms with Gasteiger partial charge >= 0.3 is 0 Å². The number of rotatable bonds is 4. The monoisotopic (exact) mass is 410 g/mol. The summed E-state index contributed by atoms with van der Waals surface area (Å²) in [5, 5.41) is 14.4. The highest BCUT2D eigenvalue weighted by atomic mass is 79.9. The molecule has 2 atom stereocenters. The SMILES string of the molecule is C[C@@H](N[C@H]1CCc2cccc(Br)c2C1)c1ccc([N+](=O)[O-])cc1.Cl. The molecular formula is C18H20BrClN2O2. The second-order valence-corrected chi connectivity index (χ2v) is 6.91. The average Bonchev–Trinajstić information content (AvgIpc) is 2.55. The molecule has 6 heteroatoms. The van der Waals surface area contributed by atoms with E-state index in [9.17, 15) is 10.1 Å². The van der Waals surface area contributed by atoms with Crippen molar-refractivity contribution in [2.24, 2.45) is 0 Å². The van der Waals surface area contributed by atoms with E-state index in [1.165, 1.54) is 15.6 Å². The van der Waals surface area contributed by atoms with Crippen molar-refractivity contribution >= 4 is 34.0 Å². The van der Waals surface area contributed by atoms with Crippen molar-refractivity contribution in [3.63, 3.8) is 0 Å². The van der Waals surface area contributed by atoms with Gasteiger partial charge in [-0.2, -0.15) is 0 Å². The molecule has 1 N–H and O–H groups in total. The Morgan fingerprint density at radius 1 is 1.25 bits per heavy atom. The van der Waals surface area contributed by atoms with Gasteiger partial charge in [0.1, 0.15) is 0 Å². The normalized spacial score (nSPS) is 17.5. The highest BCUT2D eigenvalue weighted by Gasteiger charge is 2.22. The number of nitrogens with one attached hydrogen (secondary N) is 1. The number of fused-ring (bicyclic) bond motifs is 1. The van der Waals surface area contributed by atoms with Crippen LogP contribution in [0.2, 0.25) is 0 Å². The molecule has 2 aromatic rings. The van der Waals surface area contributed by atoms with Gasteiger partial charge in [0.25, 0.3) is 5.69 Å². The topological polar surface area (TPSA) is 55.2 Å². The van der Waals surface area contributed by atoms with E-state index in [4.69, 9.17) is 0 Å². The predicted octanol–water partition coefficient (Wildman–Crippen LogP) is 4.99. The van der Waals surface area contributed by atoms with Crippen molar-refractivity contribution in [1.82, 2.24) is 5.32 Å². The lowest BCUT2D eigenvalue weighted by molar-refractivity contribution is -0.384. The minimum absolute atomic E-state index is 0. The third kappa shape index (κ3) is 4.15. The van der Waals surface area contributed by atoms with Crippen LogP contribution in [0.5, 0.6) is 0 Å². The Hall–Kier alpha value is -1.43. The second-order valence-electron chi connectivity index (χ2n) is 6.05. The summed E-state index contributed by atoms with van der Waals surface area (Å²) in [6.45, 7) is 2.11. The average molecular weight is 412 g/mol. The molecule has 1 aliphatic carbocycles. The summed E-state index contributed by atoms with van der Waals surface area (Å²) in [6.07, 6.45) is 3.20. The molecule has 128 valence electrons. The van der Waals surface area contributed by atoms with Crippen LogP contribution in [0.1, 0.15) is 36.1 Å². The van der Waals surface area contributed by atoms with Crippen LogP contribution in [0.15, 0.2) is 46.9 Å². The van der Waals surface area contributed by atoms with E-state index >= 15 is 0 Å². The number of nitro benzene ring substituents is 1. The van der Waals surface area contributed by atoms with E-state index in [-0.39, 0.29) is 29.1 Å². The van der Waals surface area contributed by atoms with Gasteiger partial charge < -0.3 is 5.32 Å². The van der Waals surface area contributed by atoms with E-state index in [1.54, 1.807) is 12.1 Å². The fourth-order valence-electron chi connectivity index (χ4n) is 3.22. The number of non-ortho nitro benzene ring substituents is 1. The molecule has 0 unspecified atom stereocenters. The lowest BCUT2D eigenvalue weighted by Gasteiger charge is -2.29. The maximum Gasteiger partial charge on any atom is 0.269 e. The third-order valence-electron chi connectivity index (χ3n) is 4.52. The van der Waals surface area contributed by atoms with Crippen molar-refractivity contribution in [3.05, 3.63) is 73.7 Å². The lowest BCUT2D eigenvalue weighted by Crippen LogP contribution is -2.36. The quantitative estimate of drug-likeness (QED) is 0.570. The Kier molecular flexibility index (Phi) is 6.38. The van der Waals surface area contributed by atoms with Gasteiger partial charge in [-0.25, -0.2) is 0 Å². The molecule has 0 amide bonds. The standard InChI is InChI=1S/C18H19BrN2O2.ClH/c1-12(13-6-9-16(10-7-13)21(22)23)20-15-8-5-14-3-2-4-18(19)17(14)11-15;/h2-4,6-7,9-10,12,15,20H,5,8,11H2,1H3;1H/t12-,15+;/m1./s1. The largest absolute Gasteiger partial charge is 0.307 e. The molecule has 3 rings (SSSR count). The highest BCUT2D eigenvalue weighted by molar-refractivity contribution is 9.10. The summed E-state index contributed by atoms with van der Waals surface area (Å²) in [5.41, 5.74) is 4.04. The molecule has 0 saturated carbocycles. The van der Waals surface area contributed by atoms with E-state index < -0.39 is 0 Å². The van der Waals surface area contributed by atoms with Gasteiger partial charge in [-0.05, 0) is 48.9 Å². The van der Waals surface area contributed by atoms with Gasteiger partial charge in [0.2, 0.25) is 0 Å². The van der Waals surface area contributed by atoms with Crippen LogP contribution >= 0.6 is 28.3 Å². The van der Waals surface area contributed by atoms with Crippen molar-refractivity contribution in [1.29, 1.82) is 0 Å². The number of hydrogen-bond donors (Lipinski definition) is 1. The zero-order chi connectivity index (χ0) is 16.4. The lowest BCUT2D eigenvalue weighted by atomic mass is 9.87. The first-order chi connectivity index (χ1) is 11.0. The number of nitrogens with zero attached hydrogens (tertiary/aromatic N) is 1. The molecule has 0 heterocycles. The van der Waals surface area contributed by atoms with Gasteiger partial charge in [-0.15, -0.1) is 12.4 Å². The minimum atomic E-state index is -0.364. The van der Waals surface area contributed by atoms with Crippen LogP contribution in [-0.2, 0) is 12.8 Å². The molecule has 0 radical (unpaired) electrons. The summed E-state index contributed by atoms with van der Waals surface area (Å²) < 4.78 is 1.18. The molecule has 24 heavy (non-hydrogen) atoms. The van der Waals surface area contributed by atoms with Crippen molar-refractivity contribution in [3.8, 4) is 0 Å². The van der Waals surface area contributed by atoms with Gasteiger partial charge in [0.05, 0.1) is 4.92 Å². The first-order valence-corrected chi connectivity index (χ1v) is 8.60. The Bertz CT molecular complexity index is 721. The zero-order valence-electron chi connectivity index (χ0n) is 13.4. The van der Waals surface area contributed by atoms with Gasteiger partial charge in [-0.3, -0.25) is 10.1 Å². The van der Waals surface area contributed by atoms with Crippen LogP contribution in [-0.4, -0.2) is 11.0 Å². The number of nitro groups is 1. The summed E-state index contributed by atoms with van der Waals surface area (Å²) >= 11 is 3.65. The van der Waals surface area contributed by atoms with E-state index in [1.807, 2.05) is 12.1 Å². The number of hydrogen-bond acceptors (Lipinski definition) is 3. The Balaban J connectivity index is 0.00000208. The molecule has 2 aromatic carbocycles. The van der Waals surface area contributed by atoms with Crippen molar-refractivity contribution < 1.29 is 4.92 Å². The van der Waals surface area contributed by atoms with Gasteiger partial charge in [0.15, 0.2) is 0 Å². The maximum absolute atomic E-state index is 10.7. The smallest absolute Gasteiger partial charge is 0.269 e. The van der Waals surface area contributed by atoms with Crippen LogP contribution in [0, 0.1) is 10.1 Å². The van der Waals surface area contributed by atoms with Crippen LogP contribution < -0.4 is 5.32 Å². The summed E-state index contributed by atoms with van der Waals surface area (Å²) in [6, 6.07) is 13.8. The molecular weight excluding hydrogens is 392 g/mol. The predicted molar refractivity (Wildman–Crippen MR) is 102 cm³/mol. The van der Waals surface area contributed by atoms with Crippen molar-refractivity contribution in [2.45, 2.75) is 38.3 Å². The molecule has 0 aromatic heterocycles. The number of halogens is 2. The van der Waals surface area contributed by atoms with E-state index in [0.29, 0.717) is 6.04 Å². The van der Waals surface area contributed by atoms with Crippen molar-refractivity contribution in [2.75, 3.05) is 0 Å². The van der Waals surface area contributed by atoms with E-state index in [2.05, 4.69) is 46.4 Å². The third-order valence-corrected chi connectivity index (χ3v) is 5.26. The second kappa shape index (κ2) is 8.10. The molecule has 0 fully saturated rings. The fourth-order valence-corrected chi connectivity index (χ4v) is 3.79. The van der Waals surface area contributed by atoms with E-state index in [0.717, 1.165) is 24.8 Å². The number of benzene rings is 2. The molecule has 0 aliphatic heterocycles. The number of aryl methyl sites for hydroxylation is 1. The Morgan fingerprint density at radius 2 is 1.96 bits per heavy atom. The molecule has 4 nitrogen and oxygen atoms in total. The Morgan fingerprint density at radius 3 is 2.62 bits per heavy atom. The fraction of sp³-hybridized carbons (Fsp3) is 0.333. The molecule has 0 saturated heterocycles. The van der Waals surface area contributed by atoms with Crippen LogP contribution in [0.4, 0.5) is 5.69 Å². The summed E-state index contributed by atoms with van der Waals surface area (Å²) in [5.74, 6) is 0. The molecule has 0 spiro atoms. The first-order valence-electron chi connectivity index (χ1n) is 7.81. The van der Waals surface area contributed by atoms with Crippen LogP contribution in [0.3, 0.4) is 0 Å². The van der Waals surface area contributed by atoms with Gasteiger partial charge in [-0.1, -0.05) is 40.2 Å². The molecule has 0 bridgehead atoms. The zero-order valence-corrected chi connectivity index (χ0v) is 15.8. The van der Waals surface area contributed by atoms with Gasteiger partial charge in [0, 0.05) is 28.7 Å².